The maximum Gasteiger partial charge on any atom is 0.221 e. The first-order valence-corrected chi connectivity index (χ1v) is 5.79. The van der Waals surface area contributed by atoms with E-state index in [1.165, 1.54) is 0 Å². The topological polar surface area (TPSA) is 50.4 Å². The molecule has 0 aromatic heterocycles. The number of rotatable bonds is 6. The quantitative estimate of drug-likeness (QED) is 0.760. The Labute approximate surface area is 106 Å². The fourth-order valence-corrected chi connectivity index (χ4v) is 1.67. The van der Waals surface area contributed by atoms with Gasteiger partial charge in [-0.1, -0.05) is 17.7 Å². The van der Waals surface area contributed by atoms with Gasteiger partial charge in [-0.05, 0) is 12.1 Å². The monoisotopic (exact) mass is 256 g/mol. The molecule has 94 valence electrons. The molecule has 0 aliphatic carbocycles. The molecule has 0 bridgehead atoms. The molecule has 0 fully saturated rings. The second-order valence-electron chi connectivity index (χ2n) is 3.52. The van der Waals surface area contributed by atoms with Crippen LogP contribution in [0.2, 0.25) is 5.02 Å². The Kier molecular flexibility index (Phi) is 5.80. The van der Waals surface area contributed by atoms with Gasteiger partial charge in [-0.25, -0.2) is 0 Å². The average Bonchev–Trinajstić information content (AvgIpc) is 2.35. The number of hydrogen-bond donors (Lipinski definition) is 2. The van der Waals surface area contributed by atoms with Crippen molar-refractivity contribution in [1.29, 1.82) is 0 Å². The van der Waals surface area contributed by atoms with Crippen LogP contribution in [0.15, 0.2) is 18.2 Å². The van der Waals surface area contributed by atoms with Crippen LogP contribution in [-0.2, 0) is 11.3 Å². The number of nitrogens with one attached hydrogen (secondary N) is 2. The molecule has 0 radical (unpaired) electrons. The molecule has 0 unspecified atom stereocenters. The van der Waals surface area contributed by atoms with E-state index in [0.717, 1.165) is 11.3 Å². The van der Waals surface area contributed by atoms with E-state index in [4.69, 9.17) is 16.3 Å². The minimum atomic E-state index is 0.0172. The van der Waals surface area contributed by atoms with Crippen LogP contribution >= 0.6 is 11.6 Å². The van der Waals surface area contributed by atoms with Crippen molar-refractivity contribution < 1.29 is 9.53 Å². The zero-order valence-corrected chi connectivity index (χ0v) is 10.8. The first kappa shape index (κ1) is 13.8. The number of hydrogen-bond acceptors (Lipinski definition) is 3. The van der Waals surface area contributed by atoms with Crippen molar-refractivity contribution >= 4 is 17.5 Å². The van der Waals surface area contributed by atoms with Crippen molar-refractivity contribution in [3.05, 3.63) is 28.8 Å². The summed E-state index contributed by atoms with van der Waals surface area (Å²) in [6.45, 7) is 1.19. The Balaban J connectivity index is 2.48. The summed E-state index contributed by atoms with van der Waals surface area (Å²) in [5.41, 5.74) is 0.911. The average molecular weight is 257 g/mol. The van der Waals surface area contributed by atoms with E-state index in [9.17, 15) is 4.79 Å². The maximum absolute atomic E-state index is 11.0. The van der Waals surface area contributed by atoms with E-state index in [1.807, 2.05) is 18.2 Å². The molecule has 4 nitrogen and oxygen atoms in total. The zero-order valence-electron chi connectivity index (χ0n) is 10.0. The van der Waals surface area contributed by atoms with Crippen molar-refractivity contribution in [1.82, 2.24) is 10.6 Å². The standard InChI is InChI=1S/C12H17ClN2O2/c1-14-12(16)6-7-15-8-9-10(13)4-3-5-11(9)17-2/h3-5,15H,6-8H2,1-2H3,(H,14,16). The van der Waals surface area contributed by atoms with Gasteiger partial charge in [0.25, 0.3) is 0 Å². The second-order valence-corrected chi connectivity index (χ2v) is 3.93. The zero-order chi connectivity index (χ0) is 12.7. The molecule has 0 saturated heterocycles. The third-order valence-electron chi connectivity index (χ3n) is 2.41. The van der Waals surface area contributed by atoms with Gasteiger partial charge in [-0.3, -0.25) is 4.79 Å². The van der Waals surface area contributed by atoms with Crippen molar-refractivity contribution in [2.45, 2.75) is 13.0 Å². The molecule has 1 rings (SSSR count). The van der Waals surface area contributed by atoms with E-state index < -0.39 is 0 Å². The Hall–Kier alpha value is -1.26. The number of amides is 1. The van der Waals surface area contributed by atoms with Crippen LogP contribution in [-0.4, -0.2) is 26.6 Å². The third-order valence-corrected chi connectivity index (χ3v) is 2.76. The Bertz CT molecular complexity index is 383. The minimum absolute atomic E-state index is 0.0172. The smallest absolute Gasteiger partial charge is 0.221 e. The van der Waals surface area contributed by atoms with Crippen LogP contribution in [0, 0.1) is 0 Å². The predicted octanol–water partition coefficient (Wildman–Crippen LogP) is 1.57. The lowest BCUT2D eigenvalue weighted by Crippen LogP contribution is -2.24. The highest BCUT2D eigenvalue weighted by atomic mass is 35.5. The summed E-state index contributed by atoms with van der Waals surface area (Å²) in [5, 5.41) is 6.39. The normalized spacial score (nSPS) is 10.1. The first-order valence-electron chi connectivity index (χ1n) is 5.41. The van der Waals surface area contributed by atoms with E-state index in [-0.39, 0.29) is 5.91 Å². The van der Waals surface area contributed by atoms with E-state index in [2.05, 4.69) is 10.6 Å². The van der Waals surface area contributed by atoms with Gasteiger partial charge in [0.05, 0.1) is 7.11 Å². The molecule has 1 aromatic carbocycles. The number of benzene rings is 1. The van der Waals surface area contributed by atoms with Crippen molar-refractivity contribution in [2.24, 2.45) is 0 Å². The Morgan fingerprint density at radius 3 is 2.88 bits per heavy atom. The molecule has 0 spiro atoms. The van der Waals surface area contributed by atoms with Crippen molar-refractivity contribution in [2.75, 3.05) is 20.7 Å². The summed E-state index contributed by atoms with van der Waals surface area (Å²) < 4.78 is 5.22. The van der Waals surface area contributed by atoms with E-state index >= 15 is 0 Å². The molecule has 1 aromatic rings. The number of carbonyl (C=O) groups is 1. The van der Waals surface area contributed by atoms with Gasteiger partial charge in [0.1, 0.15) is 5.75 Å². The summed E-state index contributed by atoms with van der Waals surface area (Å²) in [5.74, 6) is 0.772. The van der Waals surface area contributed by atoms with Gasteiger partial charge in [0.15, 0.2) is 0 Å². The summed E-state index contributed by atoms with van der Waals surface area (Å²) in [4.78, 5) is 11.0. The number of ether oxygens (including phenoxy) is 1. The highest BCUT2D eigenvalue weighted by molar-refractivity contribution is 6.31. The molecule has 0 atom stereocenters. The highest BCUT2D eigenvalue weighted by Crippen LogP contribution is 2.25. The maximum atomic E-state index is 11.0. The Morgan fingerprint density at radius 2 is 2.24 bits per heavy atom. The van der Waals surface area contributed by atoms with Crippen molar-refractivity contribution in [3.8, 4) is 5.75 Å². The fraction of sp³-hybridized carbons (Fsp3) is 0.417. The lowest BCUT2D eigenvalue weighted by Gasteiger charge is -2.11. The summed E-state index contributed by atoms with van der Waals surface area (Å²) >= 11 is 6.08. The minimum Gasteiger partial charge on any atom is -0.496 e. The number of carbonyl (C=O) groups excluding carboxylic acids is 1. The first-order chi connectivity index (χ1) is 8.19. The van der Waals surface area contributed by atoms with Crippen molar-refractivity contribution in [3.63, 3.8) is 0 Å². The molecule has 0 aliphatic heterocycles. The molecule has 17 heavy (non-hydrogen) atoms. The van der Waals surface area contributed by atoms with Crippen LogP contribution in [0.25, 0.3) is 0 Å². The molecule has 0 saturated carbocycles. The lowest BCUT2D eigenvalue weighted by atomic mass is 10.2. The van der Waals surface area contributed by atoms with E-state index in [0.29, 0.717) is 24.5 Å². The molecule has 2 N–H and O–H groups in total. The summed E-state index contributed by atoms with van der Waals surface area (Å²) in [6, 6.07) is 5.52. The second kappa shape index (κ2) is 7.14. The van der Waals surface area contributed by atoms with Gasteiger partial charge >= 0.3 is 0 Å². The SMILES string of the molecule is CNC(=O)CCNCc1c(Cl)cccc1OC. The van der Waals surface area contributed by atoms with Crippen LogP contribution in [0.1, 0.15) is 12.0 Å². The molecule has 1 amide bonds. The predicted molar refractivity (Wildman–Crippen MR) is 68.4 cm³/mol. The molecular formula is C12H17ClN2O2. The lowest BCUT2D eigenvalue weighted by molar-refractivity contribution is -0.120. The van der Waals surface area contributed by atoms with Gasteiger partial charge in [-0.2, -0.15) is 0 Å². The summed E-state index contributed by atoms with van der Waals surface area (Å²) in [7, 11) is 3.24. The summed E-state index contributed by atoms with van der Waals surface area (Å²) in [6.07, 6.45) is 0.448. The van der Waals surface area contributed by atoms with Crippen LogP contribution in [0.4, 0.5) is 0 Å². The molecule has 5 heteroatoms. The molecule has 0 heterocycles. The van der Waals surface area contributed by atoms with E-state index in [1.54, 1.807) is 14.2 Å². The Morgan fingerprint density at radius 1 is 1.47 bits per heavy atom. The number of methoxy groups -OCH3 is 1. The van der Waals surface area contributed by atoms with Gasteiger partial charge < -0.3 is 15.4 Å². The van der Waals surface area contributed by atoms with Crippen LogP contribution in [0.3, 0.4) is 0 Å². The van der Waals surface area contributed by atoms with Gasteiger partial charge in [-0.15, -0.1) is 0 Å². The largest absolute Gasteiger partial charge is 0.496 e. The van der Waals surface area contributed by atoms with Crippen LogP contribution in [0.5, 0.6) is 5.75 Å². The molecule has 0 aliphatic rings. The fourth-order valence-electron chi connectivity index (χ4n) is 1.44. The van der Waals surface area contributed by atoms with Gasteiger partial charge in [0, 0.05) is 37.1 Å². The molecular weight excluding hydrogens is 240 g/mol. The third kappa shape index (κ3) is 4.24. The van der Waals surface area contributed by atoms with Gasteiger partial charge in [0.2, 0.25) is 5.91 Å². The highest BCUT2D eigenvalue weighted by Gasteiger charge is 2.07. The number of halogens is 1. The van der Waals surface area contributed by atoms with Crippen LogP contribution < -0.4 is 15.4 Å².